The number of hydrogen-bond donors (Lipinski definition) is 1. The Labute approximate surface area is 114 Å². The molecule has 0 saturated carbocycles. The predicted octanol–water partition coefficient (Wildman–Crippen LogP) is 1.68. The monoisotopic (exact) mass is 268 g/mol. The smallest absolute Gasteiger partial charge is 0.0559 e. The molecule has 3 nitrogen and oxygen atoms in total. The fourth-order valence-corrected chi connectivity index (χ4v) is 3.28. The lowest BCUT2D eigenvalue weighted by Gasteiger charge is -2.38. The van der Waals surface area contributed by atoms with Gasteiger partial charge in [0, 0.05) is 30.6 Å². The zero-order valence-electron chi connectivity index (χ0n) is 11.4. The molecule has 2 unspecified atom stereocenters. The topological polar surface area (TPSA) is 26.7 Å². The van der Waals surface area contributed by atoms with Crippen LogP contribution in [0.2, 0.25) is 0 Å². The second kappa shape index (κ2) is 6.66. The van der Waals surface area contributed by atoms with Crippen LogP contribution in [0.1, 0.15) is 17.7 Å². The van der Waals surface area contributed by atoms with Gasteiger partial charge < -0.3 is 14.9 Å². The van der Waals surface area contributed by atoms with E-state index in [0.717, 1.165) is 38.9 Å². The minimum absolute atomic E-state index is 0.175. The van der Waals surface area contributed by atoms with Gasteiger partial charge in [0.25, 0.3) is 0 Å². The summed E-state index contributed by atoms with van der Waals surface area (Å²) in [6, 6.07) is 4.73. The highest BCUT2D eigenvalue weighted by molar-refractivity contribution is 7.09. The molecule has 1 aromatic heterocycles. The number of thiophene rings is 1. The van der Waals surface area contributed by atoms with Crippen LogP contribution in [0.5, 0.6) is 0 Å². The van der Waals surface area contributed by atoms with E-state index < -0.39 is 0 Å². The summed E-state index contributed by atoms with van der Waals surface area (Å²) in [6.07, 6.45) is 2.61. The predicted molar refractivity (Wildman–Crippen MR) is 77.2 cm³/mol. The molecule has 1 aliphatic rings. The van der Waals surface area contributed by atoms with Crippen molar-refractivity contribution in [2.24, 2.45) is 0 Å². The summed E-state index contributed by atoms with van der Waals surface area (Å²) < 4.78 is 0. The molecule has 18 heavy (non-hydrogen) atoms. The van der Waals surface area contributed by atoms with Gasteiger partial charge in [-0.15, -0.1) is 11.3 Å². The number of aliphatic hydroxyl groups is 1. The lowest BCUT2D eigenvalue weighted by molar-refractivity contribution is 0.0607. The van der Waals surface area contributed by atoms with Crippen LogP contribution < -0.4 is 0 Å². The van der Waals surface area contributed by atoms with Crippen molar-refractivity contribution in [2.75, 3.05) is 33.7 Å². The fourth-order valence-electron chi connectivity index (χ4n) is 2.55. The van der Waals surface area contributed by atoms with Gasteiger partial charge in [-0.05, 0) is 44.8 Å². The summed E-state index contributed by atoms with van der Waals surface area (Å²) in [7, 11) is 4.34. The molecule has 1 saturated heterocycles. The largest absolute Gasteiger partial charge is 0.393 e. The Morgan fingerprint density at radius 1 is 1.44 bits per heavy atom. The third-order valence-corrected chi connectivity index (χ3v) is 4.76. The number of aliphatic hydroxyl groups excluding tert-OH is 1. The number of likely N-dealkylation sites (N-methyl/N-ethyl adjacent to an activating group) is 2. The third kappa shape index (κ3) is 4.05. The van der Waals surface area contributed by atoms with Crippen molar-refractivity contribution in [3.8, 4) is 0 Å². The highest BCUT2D eigenvalue weighted by atomic mass is 32.1. The standard InChI is InChI=1S/C14H24N2OS/c1-15-7-8-16(2)12(11-15)10-13(17)5-6-14-4-3-9-18-14/h3-4,9,12-13,17H,5-8,10-11H2,1-2H3. The first-order valence-corrected chi connectivity index (χ1v) is 7.62. The zero-order chi connectivity index (χ0) is 13.0. The van der Waals surface area contributed by atoms with E-state index in [0.29, 0.717) is 6.04 Å². The maximum Gasteiger partial charge on any atom is 0.0559 e. The van der Waals surface area contributed by atoms with Gasteiger partial charge in [-0.3, -0.25) is 0 Å². The third-order valence-electron chi connectivity index (χ3n) is 3.83. The molecule has 102 valence electrons. The van der Waals surface area contributed by atoms with Crippen LogP contribution in [0.25, 0.3) is 0 Å². The number of rotatable bonds is 5. The maximum atomic E-state index is 10.2. The summed E-state index contributed by atoms with van der Waals surface area (Å²) in [6.45, 7) is 3.32. The lowest BCUT2D eigenvalue weighted by atomic mass is 10.0. The number of hydrogen-bond acceptors (Lipinski definition) is 4. The van der Waals surface area contributed by atoms with Crippen LogP contribution in [-0.4, -0.2) is 60.8 Å². The molecule has 1 N–H and O–H groups in total. The summed E-state index contributed by atoms with van der Waals surface area (Å²) in [4.78, 5) is 6.12. The van der Waals surface area contributed by atoms with E-state index in [9.17, 15) is 5.11 Å². The Kier molecular flexibility index (Phi) is 5.18. The quantitative estimate of drug-likeness (QED) is 0.880. The molecule has 0 spiro atoms. The van der Waals surface area contributed by atoms with Gasteiger partial charge >= 0.3 is 0 Å². The van der Waals surface area contributed by atoms with E-state index in [-0.39, 0.29) is 6.10 Å². The molecule has 1 aromatic rings. The van der Waals surface area contributed by atoms with Gasteiger partial charge in [-0.2, -0.15) is 0 Å². The van der Waals surface area contributed by atoms with E-state index in [4.69, 9.17) is 0 Å². The molecule has 1 fully saturated rings. The van der Waals surface area contributed by atoms with E-state index in [1.165, 1.54) is 4.88 Å². The van der Waals surface area contributed by atoms with E-state index in [1.54, 1.807) is 11.3 Å². The minimum Gasteiger partial charge on any atom is -0.393 e. The summed E-state index contributed by atoms with van der Waals surface area (Å²) >= 11 is 1.78. The molecular formula is C14H24N2OS. The Hall–Kier alpha value is -0.420. The zero-order valence-corrected chi connectivity index (χ0v) is 12.2. The van der Waals surface area contributed by atoms with Gasteiger partial charge in [-0.1, -0.05) is 6.07 Å². The van der Waals surface area contributed by atoms with Crippen molar-refractivity contribution < 1.29 is 5.11 Å². The molecule has 0 radical (unpaired) electrons. The summed E-state index contributed by atoms with van der Waals surface area (Å²) in [5.74, 6) is 0. The van der Waals surface area contributed by atoms with Gasteiger partial charge in [-0.25, -0.2) is 0 Å². The van der Waals surface area contributed by atoms with E-state index >= 15 is 0 Å². The van der Waals surface area contributed by atoms with Crippen molar-refractivity contribution in [2.45, 2.75) is 31.4 Å². The van der Waals surface area contributed by atoms with Crippen LogP contribution >= 0.6 is 11.3 Å². The molecule has 0 bridgehead atoms. The molecule has 0 aliphatic carbocycles. The van der Waals surface area contributed by atoms with Crippen LogP contribution in [0.3, 0.4) is 0 Å². The number of aryl methyl sites for hydroxylation is 1. The Balaban J connectivity index is 1.74. The first kappa shape index (κ1) is 14.0. The molecule has 2 heterocycles. The summed E-state index contributed by atoms with van der Waals surface area (Å²) in [5.41, 5.74) is 0. The normalized spacial score (nSPS) is 24.3. The minimum atomic E-state index is -0.175. The van der Waals surface area contributed by atoms with Crippen molar-refractivity contribution >= 4 is 11.3 Å². The first-order chi connectivity index (χ1) is 8.65. The Morgan fingerprint density at radius 2 is 2.28 bits per heavy atom. The van der Waals surface area contributed by atoms with Gasteiger partial charge in [0.15, 0.2) is 0 Å². The highest BCUT2D eigenvalue weighted by Gasteiger charge is 2.24. The number of nitrogens with zero attached hydrogens (tertiary/aromatic N) is 2. The van der Waals surface area contributed by atoms with Gasteiger partial charge in [0.05, 0.1) is 6.10 Å². The molecule has 0 amide bonds. The van der Waals surface area contributed by atoms with Crippen LogP contribution in [0.4, 0.5) is 0 Å². The molecule has 2 atom stereocenters. The van der Waals surface area contributed by atoms with E-state index in [2.05, 4.69) is 41.4 Å². The average molecular weight is 268 g/mol. The van der Waals surface area contributed by atoms with Gasteiger partial charge in [0.1, 0.15) is 0 Å². The van der Waals surface area contributed by atoms with E-state index in [1.807, 2.05) is 0 Å². The second-order valence-electron chi connectivity index (χ2n) is 5.40. The van der Waals surface area contributed by atoms with Crippen molar-refractivity contribution in [1.29, 1.82) is 0 Å². The Morgan fingerprint density at radius 3 is 3.00 bits per heavy atom. The second-order valence-corrected chi connectivity index (χ2v) is 6.44. The first-order valence-electron chi connectivity index (χ1n) is 6.74. The van der Waals surface area contributed by atoms with Gasteiger partial charge in [0.2, 0.25) is 0 Å². The average Bonchev–Trinajstić information content (AvgIpc) is 2.84. The highest BCUT2D eigenvalue weighted by Crippen LogP contribution is 2.17. The maximum absolute atomic E-state index is 10.2. The number of piperazine rings is 1. The van der Waals surface area contributed by atoms with Crippen LogP contribution in [-0.2, 0) is 6.42 Å². The molecule has 2 rings (SSSR count). The fraction of sp³-hybridized carbons (Fsp3) is 0.714. The molecule has 1 aliphatic heterocycles. The van der Waals surface area contributed by atoms with Crippen LogP contribution in [0, 0.1) is 0 Å². The Bertz CT molecular complexity index is 342. The lowest BCUT2D eigenvalue weighted by Crippen LogP contribution is -2.51. The van der Waals surface area contributed by atoms with Crippen LogP contribution in [0.15, 0.2) is 17.5 Å². The summed E-state index contributed by atoms with van der Waals surface area (Å²) in [5, 5.41) is 12.3. The SMILES string of the molecule is CN1CCN(C)C(CC(O)CCc2cccs2)C1. The van der Waals surface area contributed by atoms with Crippen molar-refractivity contribution in [3.63, 3.8) is 0 Å². The van der Waals surface area contributed by atoms with Crippen molar-refractivity contribution in [3.05, 3.63) is 22.4 Å². The van der Waals surface area contributed by atoms with Crippen molar-refractivity contribution in [1.82, 2.24) is 9.80 Å². The molecule has 0 aromatic carbocycles. The molecule has 4 heteroatoms. The molecular weight excluding hydrogens is 244 g/mol.